The molecule has 4 bridgehead atoms. The normalized spacial score (nSPS) is 29.8. The second-order valence-corrected chi connectivity index (χ2v) is 18.9. The Balaban J connectivity index is 1.18. The Kier molecular flexibility index (Phi) is 7.68. The Morgan fingerprint density at radius 3 is 1.55 bits per heavy atom. The van der Waals surface area contributed by atoms with Crippen molar-refractivity contribution in [3.63, 3.8) is 0 Å². The van der Waals surface area contributed by atoms with Crippen LogP contribution in [0, 0.1) is 17.8 Å². The predicted molar refractivity (Wildman–Crippen MR) is 168 cm³/mol. The van der Waals surface area contributed by atoms with E-state index in [2.05, 4.69) is 0 Å². The number of ether oxygens (including phenoxy) is 3. The van der Waals surface area contributed by atoms with Crippen LogP contribution in [-0.4, -0.2) is 56.8 Å². The van der Waals surface area contributed by atoms with Gasteiger partial charge in [-0.05, 0) is 74.4 Å². The van der Waals surface area contributed by atoms with Gasteiger partial charge in [-0.3, -0.25) is 0 Å². The van der Waals surface area contributed by atoms with Crippen LogP contribution >= 0.6 is 21.2 Å². The molecule has 5 aliphatic rings. The first-order valence-electron chi connectivity index (χ1n) is 15.7. The average molecular weight is 733 g/mol. The van der Waals surface area contributed by atoms with E-state index in [4.69, 9.17) is 17.8 Å². The van der Waals surface area contributed by atoms with Gasteiger partial charge >= 0.3 is 23.1 Å². The molecule has 8 rings (SSSR count). The first-order valence-corrected chi connectivity index (χ1v) is 18.7. The molecule has 1 spiro atoms. The number of esters is 1. The molecule has 266 valence electrons. The second kappa shape index (κ2) is 10.9. The summed E-state index contributed by atoms with van der Waals surface area (Å²) < 4.78 is 137. The molecule has 1 aliphatic heterocycles. The third-order valence-electron chi connectivity index (χ3n) is 10.5. The van der Waals surface area contributed by atoms with E-state index in [1.807, 2.05) is 0 Å². The fourth-order valence-corrected chi connectivity index (χ4v) is 13.5. The second-order valence-electron chi connectivity index (χ2n) is 13.6. The zero-order valence-electron chi connectivity index (χ0n) is 25.9. The lowest BCUT2D eigenvalue weighted by atomic mass is 9.51. The highest BCUT2D eigenvalue weighted by Gasteiger charge is 2.71. The summed E-state index contributed by atoms with van der Waals surface area (Å²) in [5.41, 5.74) is -1.48. The number of benzene rings is 3. The lowest BCUT2D eigenvalue weighted by Gasteiger charge is -2.69. The van der Waals surface area contributed by atoms with Crippen molar-refractivity contribution in [2.45, 2.75) is 75.3 Å². The average Bonchev–Trinajstić information content (AvgIpc) is 3.17. The number of hydrogen-bond acceptors (Lipinski definition) is 8. The number of alkyl halides is 6. The van der Waals surface area contributed by atoms with Crippen LogP contribution in [0.2, 0.25) is 0 Å². The monoisotopic (exact) mass is 732 g/mol. The highest BCUT2D eigenvalue weighted by Crippen LogP contribution is 2.99. The van der Waals surface area contributed by atoms with Crippen LogP contribution in [0.4, 0.5) is 26.3 Å². The molecular weight excluding hydrogens is 698 g/mol. The van der Waals surface area contributed by atoms with Crippen molar-refractivity contribution < 1.29 is 58.1 Å². The van der Waals surface area contributed by atoms with Crippen molar-refractivity contribution in [2.75, 3.05) is 13.2 Å². The van der Waals surface area contributed by atoms with Gasteiger partial charge in [0.1, 0.15) is 18.8 Å². The molecule has 1 heterocycles. The Morgan fingerprint density at radius 1 is 0.735 bits per heavy atom. The van der Waals surface area contributed by atoms with E-state index < -0.39 is 80.7 Å². The Morgan fingerprint density at radius 2 is 1.14 bits per heavy atom. The van der Waals surface area contributed by atoms with Crippen LogP contribution in [0.5, 0.6) is 0 Å². The third-order valence-corrected chi connectivity index (χ3v) is 16.5. The zero-order chi connectivity index (χ0) is 35.0. The molecule has 3 aromatic rings. The van der Waals surface area contributed by atoms with Crippen LogP contribution < -0.4 is 0 Å². The summed E-state index contributed by atoms with van der Waals surface area (Å²) in [4.78, 5) is 12.7. The van der Waals surface area contributed by atoms with Crippen LogP contribution in [0.3, 0.4) is 0 Å². The highest BCUT2D eigenvalue weighted by atomic mass is 32.4. The molecule has 0 amide bonds. The molecule has 4 aliphatic carbocycles. The SMILES string of the molecule is O=C(OC12CC3CC(C1)C1(OCC(F)(F)C(F)(F)CO1)C(C3)C2)C(F)(F)SOS(O)(O)(c1ccccc1)(c1ccccc1)c1ccccc1. The number of hydrogen-bond donors (Lipinski definition) is 2. The van der Waals surface area contributed by atoms with Gasteiger partial charge in [-0.1, -0.05) is 54.6 Å². The maximum atomic E-state index is 16.0. The molecule has 3 aromatic carbocycles. The minimum absolute atomic E-state index is 0.136. The molecule has 7 nitrogen and oxygen atoms in total. The molecular formula is C34H34F6O7S2. The van der Waals surface area contributed by atoms with Crippen molar-refractivity contribution in [2.24, 2.45) is 17.8 Å². The molecule has 2 atom stereocenters. The van der Waals surface area contributed by atoms with E-state index in [9.17, 15) is 31.5 Å². The topological polar surface area (TPSA) is 94.5 Å². The largest absolute Gasteiger partial charge is 0.454 e. The molecule has 1 saturated heterocycles. The van der Waals surface area contributed by atoms with Gasteiger partial charge in [-0.15, -0.1) is 0 Å². The van der Waals surface area contributed by atoms with E-state index in [0.29, 0.717) is 12.8 Å². The van der Waals surface area contributed by atoms with Crippen molar-refractivity contribution in [3.05, 3.63) is 91.0 Å². The van der Waals surface area contributed by atoms with Crippen molar-refractivity contribution in [1.29, 1.82) is 0 Å². The number of halogens is 6. The van der Waals surface area contributed by atoms with Crippen LogP contribution in [-0.2, 0) is 22.6 Å². The van der Waals surface area contributed by atoms with Crippen LogP contribution in [0.15, 0.2) is 106 Å². The number of carbonyl (C=O) groups is 1. The molecule has 2 N–H and O–H groups in total. The number of carbonyl (C=O) groups excluding carboxylic acids is 1. The summed E-state index contributed by atoms with van der Waals surface area (Å²) in [6.07, 6.45) is 0.575. The summed E-state index contributed by atoms with van der Waals surface area (Å²) in [5.74, 6) is -14.5. The summed E-state index contributed by atoms with van der Waals surface area (Å²) in [6.45, 7) is -3.15. The smallest absolute Gasteiger partial charge is 0.413 e. The van der Waals surface area contributed by atoms with Gasteiger partial charge in [0.15, 0.2) is 5.79 Å². The Labute approximate surface area is 282 Å². The molecule has 2 unspecified atom stereocenters. The summed E-state index contributed by atoms with van der Waals surface area (Å²) in [7, 11) is -6.60. The van der Waals surface area contributed by atoms with Gasteiger partial charge in [0.2, 0.25) is 0 Å². The zero-order valence-corrected chi connectivity index (χ0v) is 27.5. The van der Waals surface area contributed by atoms with Gasteiger partial charge in [0, 0.05) is 35.7 Å². The van der Waals surface area contributed by atoms with Crippen molar-refractivity contribution >= 4 is 27.1 Å². The van der Waals surface area contributed by atoms with Gasteiger partial charge in [0.05, 0.1) is 12.0 Å². The number of rotatable bonds is 8. The summed E-state index contributed by atoms with van der Waals surface area (Å²) in [6, 6.07) is 21.7. The Hall–Kier alpha value is -2.79. The summed E-state index contributed by atoms with van der Waals surface area (Å²) >= 11 is -0.743. The fraction of sp³-hybridized carbons (Fsp3) is 0.441. The van der Waals surface area contributed by atoms with Gasteiger partial charge in [-0.25, -0.2) is 8.42 Å². The molecule has 0 radical (unpaired) electrons. The lowest BCUT2D eigenvalue weighted by Crippen LogP contribution is -2.66. The van der Waals surface area contributed by atoms with E-state index in [1.54, 1.807) is 18.2 Å². The molecule has 5 fully saturated rings. The molecule has 15 heteroatoms. The summed E-state index contributed by atoms with van der Waals surface area (Å²) in [5, 5.41) is -4.50. The van der Waals surface area contributed by atoms with Crippen LogP contribution in [0.25, 0.3) is 0 Å². The fourth-order valence-electron chi connectivity index (χ4n) is 8.25. The molecule has 0 aromatic heterocycles. The first-order chi connectivity index (χ1) is 22.9. The maximum Gasteiger partial charge on any atom is 0.413 e. The lowest BCUT2D eigenvalue weighted by molar-refractivity contribution is -0.355. The minimum Gasteiger partial charge on any atom is -0.454 e. The van der Waals surface area contributed by atoms with Crippen LogP contribution in [0.1, 0.15) is 32.1 Å². The van der Waals surface area contributed by atoms with Crippen molar-refractivity contribution in [3.8, 4) is 0 Å². The van der Waals surface area contributed by atoms with E-state index >= 15 is 8.78 Å². The van der Waals surface area contributed by atoms with E-state index in [1.165, 1.54) is 72.8 Å². The standard InChI is InChI=1S/C34H34F6O7S2/c35-31(36)21-44-33(45-22-32(31,37)38)24-16-23-17-25(33)20-30(18-23,19-24)46-29(41)34(39,40)48-47-49(42,43,26-10-4-1-5-11-26,27-12-6-2-7-13-27)28-14-8-3-9-15-28/h1-15,23-25,42-43H,16-22H2. The minimum atomic E-state index is -6.60. The van der Waals surface area contributed by atoms with Gasteiger partial charge in [0.25, 0.3) is 0 Å². The first kappa shape index (κ1) is 34.6. The van der Waals surface area contributed by atoms with E-state index in [0.717, 1.165) is 0 Å². The Bertz CT molecular complexity index is 1600. The highest BCUT2D eigenvalue weighted by molar-refractivity contribution is 8.55. The maximum absolute atomic E-state index is 16.0. The van der Waals surface area contributed by atoms with E-state index in [-0.39, 0.29) is 39.9 Å². The molecule has 49 heavy (non-hydrogen) atoms. The third kappa shape index (κ3) is 5.06. The van der Waals surface area contributed by atoms with Crippen molar-refractivity contribution in [1.82, 2.24) is 0 Å². The molecule has 4 saturated carbocycles. The van der Waals surface area contributed by atoms with Gasteiger partial charge < -0.3 is 23.3 Å². The quantitative estimate of drug-likeness (QED) is 0.135. The predicted octanol–water partition coefficient (Wildman–Crippen LogP) is 9.29. The van der Waals surface area contributed by atoms with Gasteiger partial charge in [-0.2, -0.15) is 26.3 Å².